The van der Waals surface area contributed by atoms with Crippen LogP contribution in [0.25, 0.3) is 28.0 Å². The Morgan fingerprint density at radius 2 is 1.36 bits per heavy atom. The molecule has 0 aromatic heterocycles. The molecule has 5 aromatic carbocycles. The van der Waals surface area contributed by atoms with Gasteiger partial charge in [-0.1, -0.05) is 142 Å². The Hall–Kier alpha value is -5.36. The molecule has 2 N–H and O–H groups in total. The molecule has 0 bridgehead atoms. The van der Waals surface area contributed by atoms with Gasteiger partial charge in [0.05, 0.1) is 11.1 Å². The summed E-state index contributed by atoms with van der Waals surface area (Å²) in [5, 5.41) is 6.00. The lowest BCUT2D eigenvalue weighted by atomic mass is 9.72. The molecule has 0 atom stereocenters. The number of aliphatic imine (C=N–C) groups is 1. The van der Waals surface area contributed by atoms with Gasteiger partial charge in [0.1, 0.15) is 6.54 Å². The molecule has 5 aromatic rings. The number of hydrogen-bond donors (Lipinski definition) is 2. The van der Waals surface area contributed by atoms with E-state index in [0.717, 1.165) is 69.7 Å². The molecule has 0 aliphatic heterocycles. The van der Waals surface area contributed by atoms with Crippen LogP contribution >= 0.6 is 0 Å². The quantitative estimate of drug-likeness (QED) is 0.137. The molecular weight excluding hydrogens is 627 g/mol. The molecule has 0 fully saturated rings. The van der Waals surface area contributed by atoms with Crippen molar-refractivity contribution in [1.29, 1.82) is 0 Å². The highest BCUT2D eigenvalue weighted by molar-refractivity contribution is 5.86. The first-order valence-corrected chi connectivity index (χ1v) is 17.0. The van der Waals surface area contributed by atoms with Crippen LogP contribution in [0.15, 0.2) is 145 Å². The summed E-state index contributed by atoms with van der Waals surface area (Å²) in [7, 11) is 0. The zero-order valence-electron chi connectivity index (χ0n) is 28.9. The minimum absolute atomic E-state index is 0.427. The van der Waals surface area contributed by atoms with Crippen LogP contribution in [0, 0.1) is 6.92 Å². The summed E-state index contributed by atoms with van der Waals surface area (Å²) in [6.07, 6.45) is 0.160. The third-order valence-electron chi connectivity index (χ3n) is 9.10. The van der Waals surface area contributed by atoms with E-state index in [1.165, 1.54) is 11.1 Å². The molecule has 50 heavy (non-hydrogen) atoms. The van der Waals surface area contributed by atoms with E-state index in [0.29, 0.717) is 5.70 Å². The lowest BCUT2D eigenvalue weighted by Crippen LogP contribution is -2.39. The molecule has 6 rings (SSSR count). The zero-order valence-corrected chi connectivity index (χ0v) is 28.9. The minimum Gasteiger partial charge on any atom is -0.379 e. The van der Waals surface area contributed by atoms with Gasteiger partial charge < -0.3 is 10.6 Å². The van der Waals surface area contributed by atoms with Crippen molar-refractivity contribution in [2.24, 2.45) is 4.99 Å². The molecular formula is C44H44F3N3. The molecule has 0 spiro atoms. The highest BCUT2D eigenvalue weighted by Crippen LogP contribution is 2.54. The van der Waals surface area contributed by atoms with Gasteiger partial charge >= 0.3 is 6.18 Å². The normalized spacial score (nSPS) is 12.8. The van der Waals surface area contributed by atoms with Crippen LogP contribution in [0.3, 0.4) is 0 Å². The van der Waals surface area contributed by atoms with E-state index in [2.05, 4.69) is 97.2 Å². The topological polar surface area (TPSA) is 36.4 Å². The highest BCUT2D eigenvalue weighted by Gasteiger charge is 2.45. The molecule has 0 saturated carbocycles. The standard InChI is InChI=1S/C23H22N2.C21H22F3N/c1-4-24-23-16-20(15-14-17(23)2)25-18(3)21-12-8-9-13-22(21)19-10-6-5-7-11-19;1-3-4-13-20(15(2)25-14-21(22,23)24)18-11-7-5-9-16(18)17-10-6-8-12-19(17)20/h4-16,25H,3H2,1-2H3;5-12,25H,2-4,13-14H2,1H3. The van der Waals surface area contributed by atoms with Gasteiger partial charge in [-0.15, -0.1) is 0 Å². The van der Waals surface area contributed by atoms with E-state index < -0.39 is 18.1 Å². The number of fused-ring (bicyclic) bond motifs is 3. The zero-order chi connectivity index (χ0) is 35.7. The minimum atomic E-state index is -4.27. The fourth-order valence-corrected chi connectivity index (χ4v) is 6.69. The molecule has 1 aliphatic carbocycles. The molecule has 0 radical (unpaired) electrons. The van der Waals surface area contributed by atoms with E-state index in [4.69, 9.17) is 0 Å². The van der Waals surface area contributed by atoms with E-state index in [9.17, 15) is 13.2 Å². The van der Waals surface area contributed by atoms with Crippen LogP contribution in [0.5, 0.6) is 0 Å². The first-order valence-electron chi connectivity index (χ1n) is 17.0. The van der Waals surface area contributed by atoms with Crippen LogP contribution in [0.4, 0.5) is 24.5 Å². The fraction of sp³-hybridized carbons (Fsp3) is 0.205. The molecule has 6 heteroatoms. The first-order chi connectivity index (χ1) is 24.1. The number of benzene rings is 5. The molecule has 0 amide bonds. The second kappa shape index (κ2) is 15.9. The number of rotatable bonds is 11. The molecule has 256 valence electrons. The van der Waals surface area contributed by atoms with Gasteiger partial charge in [-0.25, -0.2) is 0 Å². The van der Waals surface area contributed by atoms with Gasteiger partial charge in [0.15, 0.2) is 0 Å². The van der Waals surface area contributed by atoms with Crippen LogP contribution in [-0.4, -0.2) is 18.9 Å². The molecule has 0 unspecified atom stereocenters. The van der Waals surface area contributed by atoms with Gasteiger partial charge in [-0.2, -0.15) is 13.2 Å². The number of anilines is 1. The second-order valence-corrected chi connectivity index (χ2v) is 12.5. The maximum atomic E-state index is 12.8. The van der Waals surface area contributed by atoms with E-state index in [-0.39, 0.29) is 0 Å². The Morgan fingerprint density at radius 1 is 0.780 bits per heavy atom. The molecule has 1 aliphatic rings. The maximum Gasteiger partial charge on any atom is 0.405 e. The van der Waals surface area contributed by atoms with Crippen molar-refractivity contribution in [2.75, 3.05) is 11.9 Å². The summed E-state index contributed by atoms with van der Waals surface area (Å²) >= 11 is 0. The molecule has 3 nitrogen and oxygen atoms in total. The number of alkyl halides is 3. The average Bonchev–Trinajstić information content (AvgIpc) is 3.42. The number of nitrogens with zero attached hydrogens (tertiary/aromatic N) is 1. The Morgan fingerprint density at radius 3 is 1.96 bits per heavy atom. The van der Waals surface area contributed by atoms with Crippen LogP contribution < -0.4 is 10.6 Å². The van der Waals surface area contributed by atoms with Crippen molar-refractivity contribution in [2.45, 2.75) is 51.6 Å². The summed E-state index contributed by atoms with van der Waals surface area (Å²) in [5.41, 5.74) is 11.5. The summed E-state index contributed by atoms with van der Waals surface area (Å²) in [5.74, 6) is 0. The lowest BCUT2D eigenvalue weighted by Gasteiger charge is -2.35. The predicted molar refractivity (Wildman–Crippen MR) is 205 cm³/mol. The summed E-state index contributed by atoms with van der Waals surface area (Å²) in [4.78, 5) is 4.42. The van der Waals surface area contributed by atoms with Crippen molar-refractivity contribution < 1.29 is 13.2 Å². The molecule has 0 saturated heterocycles. The third-order valence-corrected chi connectivity index (χ3v) is 9.10. The summed E-state index contributed by atoms with van der Waals surface area (Å²) < 4.78 is 38.3. The second-order valence-electron chi connectivity index (χ2n) is 12.5. The maximum absolute atomic E-state index is 12.8. The smallest absolute Gasteiger partial charge is 0.379 e. The Kier molecular flexibility index (Phi) is 11.4. The van der Waals surface area contributed by atoms with Crippen molar-refractivity contribution in [3.05, 3.63) is 162 Å². The number of allylic oxidation sites excluding steroid dienone is 1. The largest absolute Gasteiger partial charge is 0.405 e. The SMILES string of the molecule is C=C(NCC(F)(F)F)C1(CCCC)c2ccccc2-c2ccccc21.C=C(Nc1ccc(C)c(N=CC)c1)c1ccccc1-c1ccccc1. The Bertz CT molecular complexity index is 1930. The van der Waals surface area contributed by atoms with E-state index >= 15 is 0 Å². The summed E-state index contributed by atoms with van der Waals surface area (Å²) in [6, 6.07) is 40.8. The van der Waals surface area contributed by atoms with Gasteiger partial charge in [-0.3, -0.25) is 4.99 Å². The number of nitrogens with one attached hydrogen (secondary N) is 2. The van der Waals surface area contributed by atoms with Gasteiger partial charge in [0.2, 0.25) is 0 Å². The number of halogens is 3. The number of hydrogen-bond acceptors (Lipinski definition) is 3. The Labute approximate surface area is 294 Å². The fourth-order valence-electron chi connectivity index (χ4n) is 6.69. The van der Waals surface area contributed by atoms with Crippen LogP contribution in [-0.2, 0) is 5.41 Å². The third kappa shape index (κ3) is 7.92. The van der Waals surface area contributed by atoms with Crippen molar-refractivity contribution in [3.63, 3.8) is 0 Å². The lowest BCUT2D eigenvalue weighted by molar-refractivity contribution is -0.123. The highest BCUT2D eigenvalue weighted by atomic mass is 19.4. The van der Waals surface area contributed by atoms with Gasteiger partial charge in [0, 0.05) is 28.9 Å². The van der Waals surface area contributed by atoms with Crippen molar-refractivity contribution >= 4 is 23.3 Å². The first kappa shape index (κ1) is 35.9. The van der Waals surface area contributed by atoms with Crippen LogP contribution in [0.2, 0.25) is 0 Å². The Balaban J connectivity index is 0.000000194. The number of aryl methyl sites for hydroxylation is 1. The predicted octanol–water partition coefficient (Wildman–Crippen LogP) is 12.3. The van der Waals surface area contributed by atoms with Gasteiger partial charge in [0.25, 0.3) is 0 Å². The molecule has 0 heterocycles. The average molecular weight is 672 g/mol. The number of unbranched alkanes of at least 4 members (excludes halogenated alkanes) is 1. The van der Waals surface area contributed by atoms with Crippen LogP contribution in [0.1, 0.15) is 55.4 Å². The van der Waals surface area contributed by atoms with Crippen molar-refractivity contribution in [1.82, 2.24) is 5.32 Å². The van der Waals surface area contributed by atoms with E-state index in [1.807, 2.05) is 79.9 Å². The van der Waals surface area contributed by atoms with Crippen molar-refractivity contribution in [3.8, 4) is 22.3 Å². The van der Waals surface area contributed by atoms with E-state index in [1.54, 1.807) is 0 Å². The summed E-state index contributed by atoms with van der Waals surface area (Å²) in [6.45, 7) is 13.3. The monoisotopic (exact) mass is 671 g/mol. The van der Waals surface area contributed by atoms with Gasteiger partial charge in [-0.05, 0) is 71.3 Å².